The molecule has 0 amide bonds. The van der Waals surface area contributed by atoms with Gasteiger partial charge in [-0.2, -0.15) is 0 Å². The van der Waals surface area contributed by atoms with Crippen LogP contribution in [0.5, 0.6) is 0 Å². The van der Waals surface area contributed by atoms with Crippen molar-refractivity contribution in [2.75, 3.05) is 19.7 Å². The van der Waals surface area contributed by atoms with Crippen LogP contribution in [0.1, 0.15) is 52.9 Å². The number of aliphatic hydroxyl groups excluding tert-OH is 2. The first-order valence-electron chi connectivity index (χ1n) is 8.15. The molecule has 0 heterocycles. The molecule has 1 fully saturated rings. The highest BCUT2D eigenvalue weighted by molar-refractivity contribution is 4.71. The van der Waals surface area contributed by atoms with E-state index in [-0.39, 0.29) is 6.10 Å². The fourth-order valence-electron chi connectivity index (χ4n) is 2.88. The maximum atomic E-state index is 9.87. The summed E-state index contributed by atoms with van der Waals surface area (Å²) in [6, 6.07) is 0. The Morgan fingerprint density at radius 3 is 2.50 bits per heavy atom. The molecule has 3 N–H and O–H groups in total. The van der Waals surface area contributed by atoms with Gasteiger partial charge in [0.05, 0.1) is 24.9 Å². The van der Waals surface area contributed by atoms with Gasteiger partial charge in [0.2, 0.25) is 0 Å². The third-order valence-electron chi connectivity index (χ3n) is 3.92. The number of aliphatic hydroxyl groups is 2. The Morgan fingerprint density at radius 2 is 1.85 bits per heavy atom. The molecule has 0 aliphatic heterocycles. The number of rotatable bonds is 9. The third-order valence-corrected chi connectivity index (χ3v) is 3.92. The molecule has 4 nitrogen and oxygen atoms in total. The van der Waals surface area contributed by atoms with Crippen molar-refractivity contribution in [2.45, 2.75) is 71.2 Å². The van der Waals surface area contributed by atoms with Crippen LogP contribution in [0, 0.1) is 11.8 Å². The average molecular weight is 287 g/mol. The van der Waals surface area contributed by atoms with Crippen LogP contribution in [-0.4, -0.2) is 48.2 Å². The van der Waals surface area contributed by atoms with Gasteiger partial charge in [0.25, 0.3) is 0 Å². The summed E-state index contributed by atoms with van der Waals surface area (Å²) in [7, 11) is 0. The van der Waals surface area contributed by atoms with Gasteiger partial charge < -0.3 is 20.3 Å². The van der Waals surface area contributed by atoms with E-state index < -0.39 is 6.10 Å². The lowest BCUT2D eigenvalue weighted by Crippen LogP contribution is -2.36. The highest BCUT2D eigenvalue weighted by atomic mass is 16.5. The predicted octanol–water partition coefficient (Wildman–Crippen LogP) is 1.94. The predicted molar refractivity (Wildman–Crippen MR) is 81.7 cm³/mol. The highest BCUT2D eigenvalue weighted by Gasteiger charge is 2.20. The van der Waals surface area contributed by atoms with Gasteiger partial charge in [0.15, 0.2) is 0 Å². The second-order valence-corrected chi connectivity index (χ2v) is 6.82. The summed E-state index contributed by atoms with van der Waals surface area (Å²) in [6.07, 6.45) is 5.07. The smallest absolute Gasteiger partial charge is 0.0897 e. The summed E-state index contributed by atoms with van der Waals surface area (Å²) in [6.45, 7) is 7.87. The quantitative estimate of drug-likeness (QED) is 0.606. The van der Waals surface area contributed by atoms with E-state index in [2.05, 4.69) is 26.1 Å². The number of ether oxygens (including phenoxy) is 1. The summed E-state index contributed by atoms with van der Waals surface area (Å²) in [5, 5.41) is 22.7. The molecule has 4 heteroatoms. The fraction of sp³-hybridized carbons (Fsp3) is 1.00. The Labute approximate surface area is 123 Å². The van der Waals surface area contributed by atoms with Crippen LogP contribution in [-0.2, 0) is 4.74 Å². The Balaban J connectivity index is 2.03. The van der Waals surface area contributed by atoms with E-state index in [4.69, 9.17) is 4.74 Å². The van der Waals surface area contributed by atoms with Crippen molar-refractivity contribution in [3.63, 3.8) is 0 Å². The second kappa shape index (κ2) is 9.72. The zero-order valence-corrected chi connectivity index (χ0v) is 13.3. The molecule has 120 valence electrons. The fourth-order valence-corrected chi connectivity index (χ4v) is 2.88. The van der Waals surface area contributed by atoms with E-state index in [1.54, 1.807) is 0 Å². The molecule has 0 saturated heterocycles. The standard InChI is InChI=1S/C16H33NO3/c1-12(2)7-14(18)9-17-10-15(19)11-20-16-6-4-5-13(3)8-16/h12-19H,4-11H2,1-3H3. The number of hydrogen-bond donors (Lipinski definition) is 3. The summed E-state index contributed by atoms with van der Waals surface area (Å²) in [4.78, 5) is 0. The van der Waals surface area contributed by atoms with Crippen molar-refractivity contribution in [3.8, 4) is 0 Å². The minimum Gasteiger partial charge on any atom is -0.392 e. The largest absolute Gasteiger partial charge is 0.392 e. The molecule has 0 bridgehead atoms. The van der Waals surface area contributed by atoms with Gasteiger partial charge in [0.1, 0.15) is 0 Å². The molecular formula is C16H33NO3. The van der Waals surface area contributed by atoms with Crippen LogP contribution in [0.3, 0.4) is 0 Å². The first-order valence-corrected chi connectivity index (χ1v) is 8.15. The summed E-state index contributed by atoms with van der Waals surface area (Å²) < 4.78 is 5.78. The van der Waals surface area contributed by atoms with Gasteiger partial charge in [-0.05, 0) is 31.1 Å². The Kier molecular flexibility index (Phi) is 8.69. The highest BCUT2D eigenvalue weighted by Crippen LogP contribution is 2.25. The minimum absolute atomic E-state index is 0.319. The van der Waals surface area contributed by atoms with Crippen LogP contribution in [0.2, 0.25) is 0 Å². The molecule has 4 atom stereocenters. The van der Waals surface area contributed by atoms with Crippen molar-refractivity contribution in [3.05, 3.63) is 0 Å². The summed E-state index contributed by atoms with van der Waals surface area (Å²) in [5.41, 5.74) is 0. The maximum Gasteiger partial charge on any atom is 0.0897 e. The molecule has 1 aliphatic carbocycles. The maximum absolute atomic E-state index is 9.87. The molecule has 0 aromatic carbocycles. The van der Waals surface area contributed by atoms with Gasteiger partial charge in [0, 0.05) is 13.1 Å². The second-order valence-electron chi connectivity index (χ2n) is 6.82. The molecule has 0 spiro atoms. The molecular weight excluding hydrogens is 254 g/mol. The van der Waals surface area contributed by atoms with Crippen LogP contribution >= 0.6 is 0 Å². The summed E-state index contributed by atoms with van der Waals surface area (Å²) in [5.74, 6) is 1.24. The van der Waals surface area contributed by atoms with Crippen LogP contribution in [0.15, 0.2) is 0 Å². The number of nitrogens with one attached hydrogen (secondary N) is 1. The molecule has 1 saturated carbocycles. The SMILES string of the molecule is CC(C)CC(O)CNCC(O)COC1CCCC(C)C1. The normalized spacial score (nSPS) is 26.7. The van der Waals surface area contributed by atoms with Crippen molar-refractivity contribution in [2.24, 2.45) is 11.8 Å². The van der Waals surface area contributed by atoms with Crippen molar-refractivity contribution < 1.29 is 14.9 Å². The molecule has 0 radical (unpaired) electrons. The minimum atomic E-state index is -0.488. The van der Waals surface area contributed by atoms with Crippen molar-refractivity contribution in [1.82, 2.24) is 5.32 Å². The first-order chi connectivity index (χ1) is 9.47. The van der Waals surface area contributed by atoms with E-state index in [0.29, 0.717) is 31.7 Å². The third kappa shape index (κ3) is 8.20. The lowest BCUT2D eigenvalue weighted by molar-refractivity contribution is -0.0311. The summed E-state index contributed by atoms with van der Waals surface area (Å²) >= 11 is 0. The zero-order chi connectivity index (χ0) is 15.0. The Morgan fingerprint density at radius 1 is 1.15 bits per heavy atom. The van der Waals surface area contributed by atoms with Gasteiger partial charge in [-0.15, -0.1) is 0 Å². The molecule has 0 aromatic rings. The van der Waals surface area contributed by atoms with Crippen LogP contribution < -0.4 is 5.32 Å². The van der Waals surface area contributed by atoms with Gasteiger partial charge in [-0.3, -0.25) is 0 Å². The van der Waals surface area contributed by atoms with E-state index >= 15 is 0 Å². The molecule has 1 rings (SSSR count). The van der Waals surface area contributed by atoms with Crippen LogP contribution in [0.25, 0.3) is 0 Å². The lowest BCUT2D eigenvalue weighted by Gasteiger charge is -2.27. The van der Waals surface area contributed by atoms with Gasteiger partial charge in [-0.25, -0.2) is 0 Å². The van der Waals surface area contributed by atoms with E-state index in [9.17, 15) is 10.2 Å². The van der Waals surface area contributed by atoms with E-state index in [0.717, 1.165) is 25.2 Å². The first kappa shape index (κ1) is 17.9. The zero-order valence-electron chi connectivity index (χ0n) is 13.3. The Hall–Kier alpha value is -0.160. The van der Waals surface area contributed by atoms with Crippen LogP contribution in [0.4, 0.5) is 0 Å². The topological polar surface area (TPSA) is 61.7 Å². The number of hydrogen-bond acceptors (Lipinski definition) is 4. The Bertz CT molecular complexity index is 248. The molecule has 20 heavy (non-hydrogen) atoms. The molecule has 4 unspecified atom stereocenters. The lowest BCUT2D eigenvalue weighted by atomic mass is 9.89. The average Bonchev–Trinajstić information content (AvgIpc) is 2.35. The van der Waals surface area contributed by atoms with Crippen molar-refractivity contribution >= 4 is 0 Å². The van der Waals surface area contributed by atoms with Gasteiger partial charge >= 0.3 is 0 Å². The molecule has 0 aromatic heterocycles. The van der Waals surface area contributed by atoms with E-state index in [1.807, 2.05) is 0 Å². The van der Waals surface area contributed by atoms with E-state index in [1.165, 1.54) is 12.8 Å². The van der Waals surface area contributed by atoms with Gasteiger partial charge in [-0.1, -0.05) is 33.6 Å². The molecule has 1 aliphatic rings. The monoisotopic (exact) mass is 287 g/mol. The van der Waals surface area contributed by atoms with Crippen molar-refractivity contribution in [1.29, 1.82) is 0 Å².